The van der Waals surface area contributed by atoms with Crippen LogP contribution in [0, 0.1) is 0 Å². The Morgan fingerprint density at radius 2 is 1.35 bits per heavy atom. The van der Waals surface area contributed by atoms with Crippen LogP contribution in [-0.4, -0.2) is 30.9 Å². The van der Waals surface area contributed by atoms with Crippen molar-refractivity contribution in [3.05, 3.63) is 95.6 Å². The largest absolute Gasteiger partial charge is 0.465 e. The van der Waals surface area contributed by atoms with Gasteiger partial charge in [0.25, 0.3) is 5.91 Å². The average Bonchev–Trinajstić information content (AvgIpc) is 2.79. The molecule has 3 aromatic rings. The Balaban J connectivity index is 1.75. The van der Waals surface area contributed by atoms with E-state index in [1.54, 1.807) is 48.5 Å². The molecule has 0 fully saturated rings. The number of benzene rings is 3. The summed E-state index contributed by atoms with van der Waals surface area (Å²) in [6.07, 6.45) is 0.369. The maximum Gasteiger partial charge on any atom is 0.339 e. The number of methoxy groups -OCH3 is 1. The smallest absolute Gasteiger partial charge is 0.339 e. The molecule has 158 valence electrons. The van der Waals surface area contributed by atoms with Crippen molar-refractivity contribution < 1.29 is 19.1 Å². The predicted molar refractivity (Wildman–Crippen MR) is 119 cm³/mol. The minimum Gasteiger partial charge on any atom is -0.465 e. The summed E-state index contributed by atoms with van der Waals surface area (Å²) in [5, 5.41) is 5.43. The van der Waals surface area contributed by atoms with E-state index in [0.717, 1.165) is 5.56 Å². The molecule has 0 saturated carbocycles. The van der Waals surface area contributed by atoms with Crippen molar-refractivity contribution >= 4 is 29.2 Å². The van der Waals surface area contributed by atoms with E-state index < -0.39 is 23.8 Å². The summed E-state index contributed by atoms with van der Waals surface area (Å²) in [7, 11) is 1.27. The van der Waals surface area contributed by atoms with E-state index in [1.807, 2.05) is 30.3 Å². The van der Waals surface area contributed by atoms with Crippen molar-refractivity contribution in [2.24, 2.45) is 5.73 Å². The Morgan fingerprint density at radius 3 is 2.00 bits per heavy atom. The van der Waals surface area contributed by atoms with Crippen LogP contribution in [0.25, 0.3) is 0 Å². The van der Waals surface area contributed by atoms with E-state index in [0.29, 0.717) is 17.8 Å². The normalized spacial score (nSPS) is 11.3. The van der Waals surface area contributed by atoms with E-state index >= 15 is 0 Å². The first-order valence-electron chi connectivity index (χ1n) is 9.67. The quantitative estimate of drug-likeness (QED) is 0.511. The zero-order valence-electron chi connectivity index (χ0n) is 17.0. The van der Waals surface area contributed by atoms with E-state index in [4.69, 9.17) is 10.5 Å². The van der Waals surface area contributed by atoms with E-state index in [-0.39, 0.29) is 11.1 Å². The van der Waals surface area contributed by atoms with Gasteiger partial charge in [-0.2, -0.15) is 0 Å². The molecule has 3 rings (SSSR count). The number of para-hydroxylation sites is 2. The molecule has 0 saturated heterocycles. The number of hydrogen-bond donors (Lipinski definition) is 3. The van der Waals surface area contributed by atoms with Crippen LogP contribution < -0.4 is 16.4 Å². The highest BCUT2D eigenvalue weighted by atomic mass is 16.5. The van der Waals surface area contributed by atoms with Crippen LogP contribution in [-0.2, 0) is 16.0 Å². The van der Waals surface area contributed by atoms with Crippen molar-refractivity contribution in [3.63, 3.8) is 0 Å². The lowest BCUT2D eigenvalue weighted by molar-refractivity contribution is -0.117. The molecule has 2 amide bonds. The first kappa shape index (κ1) is 21.7. The molecule has 31 heavy (non-hydrogen) atoms. The zero-order chi connectivity index (χ0) is 22.2. The van der Waals surface area contributed by atoms with Gasteiger partial charge in [0.05, 0.1) is 35.7 Å². The molecule has 0 bridgehead atoms. The Hall–Kier alpha value is -3.97. The van der Waals surface area contributed by atoms with Crippen molar-refractivity contribution in [3.8, 4) is 0 Å². The molecule has 0 spiro atoms. The number of hydrogen-bond acceptors (Lipinski definition) is 5. The lowest BCUT2D eigenvalue weighted by Gasteiger charge is -2.15. The Bertz CT molecular complexity index is 1080. The fourth-order valence-corrected chi connectivity index (χ4v) is 3.05. The van der Waals surface area contributed by atoms with Gasteiger partial charge in [-0.05, 0) is 36.2 Å². The first-order chi connectivity index (χ1) is 15.0. The van der Waals surface area contributed by atoms with Crippen LogP contribution in [0.5, 0.6) is 0 Å². The monoisotopic (exact) mass is 417 g/mol. The first-order valence-corrected chi connectivity index (χ1v) is 9.67. The summed E-state index contributed by atoms with van der Waals surface area (Å²) in [4.78, 5) is 37.4. The van der Waals surface area contributed by atoms with Crippen LogP contribution >= 0.6 is 0 Å². The van der Waals surface area contributed by atoms with Crippen molar-refractivity contribution in [1.29, 1.82) is 0 Å². The molecular formula is C24H23N3O4. The van der Waals surface area contributed by atoms with Gasteiger partial charge < -0.3 is 21.1 Å². The second-order valence-electron chi connectivity index (χ2n) is 6.82. The second-order valence-corrected chi connectivity index (χ2v) is 6.82. The number of rotatable bonds is 7. The lowest BCUT2D eigenvalue weighted by Crippen LogP contribution is -2.37. The Morgan fingerprint density at radius 1 is 0.806 bits per heavy atom. The molecule has 0 aliphatic rings. The van der Waals surface area contributed by atoms with Crippen LogP contribution in [0.3, 0.4) is 0 Å². The maximum atomic E-state index is 12.9. The van der Waals surface area contributed by atoms with Gasteiger partial charge in [0.2, 0.25) is 5.91 Å². The maximum absolute atomic E-state index is 12.9. The molecule has 0 aliphatic heterocycles. The van der Waals surface area contributed by atoms with Gasteiger partial charge in [0, 0.05) is 0 Å². The van der Waals surface area contributed by atoms with Crippen molar-refractivity contribution in [2.75, 3.05) is 17.7 Å². The highest BCUT2D eigenvalue weighted by Crippen LogP contribution is 2.21. The number of esters is 1. The minimum atomic E-state index is -0.779. The summed E-state index contributed by atoms with van der Waals surface area (Å²) in [5.41, 5.74) is 8.09. The molecule has 0 aliphatic carbocycles. The Labute approximate surface area is 180 Å². The Kier molecular flexibility index (Phi) is 7.13. The molecule has 7 heteroatoms. The summed E-state index contributed by atoms with van der Waals surface area (Å²) < 4.78 is 4.75. The molecule has 0 heterocycles. The highest BCUT2D eigenvalue weighted by molar-refractivity contribution is 6.12. The third-order valence-electron chi connectivity index (χ3n) is 4.65. The van der Waals surface area contributed by atoms with Crippen LogP contribution in [0.15, 0.2) is 78.9 Å². The average molecular weight is 417 g/mol. The number of amides is 2. The van der Waals surface area contributed by atoms with Crippen molar-refractivity contribution in [1.82, 2.24) is 0 Å². The predicted octanol–water partition coefficient (Wildman–Crippen LogP) is 3.23. The molecule has 0 aromatic heterocycles. The van der Waals surface area contributed by atoms with Gasteiger partial charge in [-0.1, -0.05) is 54.6 Å². The summed E-state index contributed by atoms with van der Waals surface area (Å²) in [5.74, 6) is -1.45. The topological polar surface area (TPSA) is 111 Å². The third-order valence-corrected chi connectivity index (χ3v) is 4.65. The highest BCUT2D eigenvalue weighted by Gasteiger charge is 2.19. The molecule has 1 atom stereocenters. The molecular weight excluding hydrogens is 394 g/mol. The van der Waals surface area contributed by atoms with Gasteiger partial charge in [-0.25, -0.2) is 4.79 Å². The van der Waals surface area contributed by atoms with Crippen LogP contribution in [0.4, 0.5) is 11.4 Å². The summed E-state index contributed by atoms with van der Waals surface area (Å²) >= 11 is 0. The molecule has 0 radical (unpaired) electrons. The number of carbonyl (C=O) groups excluding carboxylic acids is 3. The van der Waals surface area contributed by atoms with E-state index in [1.165, 1.54) is 7.11 Å². The fraction of sp³-hybridized carbons (Fsp3) is 0.125. The van der Waals surface area contributed by atoms with Gasteiger partial charge in [-0.3, -0.25) is 9.59 Å². The molecule has 3 aromatic carbocycles. The van der Waals surface area contributed by atoms with Crippen LogP contribution in [0.1, 0.15) is 26.3 Å². The third kappa shape index (κ3) is 5.55. The van der Waals surface area contributed by atoms with Crippen molar-refractivity contribution in [2.45, 2.75) is 12.5 Å². The van der Waals surface area contributed by atoms with E-state index in [9.17, 15) is 14.4 Å². The standard InChI is InChI=1S/C24H23N3O4/c1-31-24(30)18-12-6-8-14-21(18)26-22(28)17-11-5-7-13-20(17)27-23(29)19(25)15-16-9-3-2-4-10-16/h2-14,19H,15,25H2,1H3,(H,26,28)(H,27,29)/t19-/m0/s1. The zero-order valence-corrected chi connectivity index (χ0v) is 17.0. The minimum absolute atomic E-state index is 0.227. The van der Waals surface area contributed by atoms with Gasteiger partial charge in [0.1, 0.15) is 0 Å². The fourth-order valence-electron chi connectivity index (χ4n) is 3.05. The number of ether oxygens (including phenoxy) is 1. The number of nitrogens with two attached hydrogens (primary N) is 1. The van der Waals surface area contributed by atoms with Gasteiger partial charge >= 0.3 is 5.97 Å². The molecule has 4 N–H and O–H groups in total. The summed E-state index contributed by atoms with van der Waals surface area (Å²) in [6, 6.07) is 21.8. The number of anilines is 2. The second kappa shape index (κ2) is 10.2. The van der Waals surface area contributed by atoms with E-state index in [2.05, 4.69) is 10.6 Å². The number of carbonyl (C=O) groups is 3. The van der Waals surface area contributed by atoms with Gasteiger partial charge in [0.15, 0.2) is 0 Å². The SMILES string of the molecule is COC(=O)c1ccccc1NC(=O)c1ccccc1NC(=O)[C@@H](N)Cc1ccccc1. The van der Waals surface area contributed by atoms with Crippen LogP contribution in [0.2, 0.25) is 0 Å². The molecule has 7 nitrogen and oxygen atoms in total. The summed E-state index contributed by atoms with van der Waals surface area (Å²) in [6.45, 7) is 0. The van der Waals surface area contributed by atoms with Gasteiger partial charge in [-0.15, -0.1) is 0 Å². The lowest BCUT2D eigenvalue weighted by atomic mass is 10.1. The molecule has 0 unspecified atom stereocenters. The number of nitrogens with one attached hydrogen (secondary N) is 2.